The molecule has 2 fully saturated rings. The Morgan fingerprint density at radius 2 is 1.45 bits per heavy atom. The third kappa shape index (κ3) is 6.32. The minimum absolute atomic E-state index is 0.504. The smallest absolute Gasteiger partial charge is 0.232 e. The highest BCUT2D eigenvalue weighted by Gasteiger charge is 2.18. The van der Waals surface area contributed by atoms with Crippen molar-refractivity contribution >= 4 is 34.9 Å². The predicted octanol–water partition coefficient (Wildman–Crippen LogP) is 4.63. The van der Waals surface area contributed by atoms with Crippen LogP contribution in [0.3, 0.4) is 0 Å². The summed E-state index contributed by atoms with van der Waals surface area (Å²) < 4.78 is 5.61. The molecule has 0 amide bonds. The topological polar surface area (TPSA) is 69.5 Å². The number of thiocarbonyl (C=S) groups is 1. The standard InChI is InChI=1S/C23H34N6OS/c1-18-10-11-19(30-18)17-24-23(31)27-22-25-20(28-12-6-2-3-7-13-28)16-21(26-22)29-14-8-4-5-9-15-29/h10-11,16H,2-9,12-15,17H2,1H3,(H2,24,25,26,27,31). The molecule has 2 saturated heterocycles. The van der Waals surface area contributed by atoms with Gasteiger partial charge in [0.15, 0.2) is 5.11 Å². The van der Waals surface area contributed by atoms with E-state index in [-0.39, 0.29) is 0 Å². The van der Waals surface area contributed by atoms with Crippen LogP contribution in [-0.2, 0) is 6.54 Å². The summed E-state index contributed by atoms with van der Waals surface area (Å²) >= 11 is 5.51. The number of rotatable bonds is 5. The van der Waals surface area contributed by atoms with E-state index in [1.165, 1.54) is 51.4 Å². The van der Waals surface area contributed by atoms with Gasteiger partial charge in [0, 0.05) is 32.2 Å². The van der Waals surface area contributed by atoms with E-state index in [0.717, 1.165) is 49.3 Å². The number of anilines is 3. The van der Waals surface area contributed by atoms with Crippen molar-refractivity contribution < 1.29 is 4.42 Å². The molecule has 7 nitrogen and oxygen atoms in total. The van der Waals surface area contributed by atoms with Crippen LogP contribution in [0.1, 0.15) is 62.9 Å². The zero-order chi connectivity index (χ0) is 21.5. The van der Waals surface area contributed by atoms with Crippen LogP contribution in [0.2, 0.25) is 0 Å². The summed E-state index contributed by atoms with van der Waals surface area (Å²) in [6, 6.07) is 6.08. The summed E-state index contributed by atoms with van der Waals surface area (Å²) in [5, 5.41) is 6.91. The van der Waals surface area contributed by atoms with Crippen molar-refractivity contribution in [3.63, 3.8) is 0 Å². The summed E-state index contributed by atoms with van der Waals surface area (Å²) in [4.78, 5) is 14.5. The molecule has 0 atom stereocenters. The second-order valence-corrected chi connectivity index (χ2v) is 8.94. The largest absolute Gasteiger partial charge is 0.465 e. The highest BCUT2D eigenvalue weighted by Crippen LogP contribution is 2.25. The summed E-state index contributed by atoms with van der Waals surface area (Å²) in [6.45, 7) is 6.68. The molecule has 2 aromatic heterocycles. The Labute approximate surface area is 190 Å². The van der Waals surface area contributed by atoms with Crippen molar-refractivity contribution in [2.45, 2.75) is 64.8 Å². The summed E-state index contributed by atoms with van der Waals surface area (Å²) in [6.07, 6.45) is 10.1. The normalized spacial score (nSPS) is 17.7. The highest BCUT2D eigenvalue weighted by molar-refractivity contribution is 7.80. The van der Waals surface area contributed by atoms with Crippen LogP contribution in [-0.4, -0.2) is 41.3 Å². The molecule has 0 aromatic carbocycles. The third-order valence-corrected chi connectivity index (χ3v) is 6.25. The van der Waals surface area contributed by atoms with Crippen molar-refractivity contribution in [3.8, 4) is 0 Å². The fraction of sp³-hybridized carbons (Fsp3) is 0.609. The van der Waals surface area contributed by atoms with Gasteiger partial charge in [-0.25, -0.2) is 0 Å². The van der Waals surface area contributed by atoms with Crippen LogP contribution in [0, 0.1) is 6.92 Å². The van der Waals surface area contributed by atoms with E-state index in [1.54, 1.807) is 0 Å². The number of hydrogen-bond donors (Lipinski definition) is 2. The maximum absolute atomic E-state index is 5.61. The Morgan fingerprint density at radius 3 is 1.94 bits per heavy atom. The molecule has 4 rings (SSSR count). The molecule has 0 unspecified atom stereocenters. The molecule has 31 heavy (non-hydrogen) atoms. The fourth-order valence-corrected chi connectivity index (χ4v) is 4.46. The van der Waals surface area contributed by atoms with Crippen molar-refractivity contribution in [2.24, 2.45) is 0 Å². The number of aromatic nitrogens is 2. The van der Waals surface area contributed by atoms with E-state index in [2.05, 4.69) is 26.5 Å². The summed E-state index contributed by atoms with van der Waals surface area (Å²) in [5.74, 6) is 4.32. The molecule has 2 aliphatic heterocycles. The van der Waals surface area contributed by atoms with Gasteiger partial charge in [-0.3, -0.25) is 0 Å². The maximum Gasteiger partial charge on any atom is 0.232 e. The molecule has 8 heteroatoms. The number of nitrogens with zero attached hydrogens (tertiary/aromatic N) is 4. The van der Waals surface area contributed by atoms with E-state index in [0.29, 0.717) is 17.6 Å². The van der Waals surface area contributed by atoms with Crippen molar-refractivity contribution in [1.82, 2.24) is 15.3 Å². The maximum atomic E-state index is 5.61. The molecule has 168 valence electrons. The number of nitrogens with one attached hydrogen (secondary N) is 2. The summed E-state index contributed by atoms with van der Waals surface area (Å²) in [5.41, 5.74) is 0. The predicted molar refractivity (Wildman–Crippen MR) is 130 cm³/mol. The van der Waals surface area contributed by atoms with Gasteiger partial charge in [0.1, 0.15) is 23.2 Å². The Hall–Kier alpha value is -2.35. The molecule has 2 N–H and O–H groups in total. The van der Waals surface area contributed by atoms with Gasteiger partial charge in [0.05, 0.1) is 6.54 Å². The van der Waals surface area contributed by atoms with E-state index < -0.39 is 0 Å². The average Bonchev–Trinajstić information content (AvgIpc) is 3.00. The molecule has 2 aromatic rings. The molecule has 0 aliphatic carbocycles. The zero-order valence-corrected chi connectivity index (χ0v) is 19.3. The molecule has 0 radical (unpaired) electrons. The van der Waals surface area contributed by atoms with Gasteiger partial charge < -0.3 is 24.9 Å². The van der Waals surface area contributed by atoms with Gasteiger partial charge in [0.2, 0.25) is 5.95 Å². The minimum Gasteiger partial charge on any atom is -0.465 e. The van der Waals surface area contributed by atoms with Crippen LogP contribution in [0.15, 0.2) is 22.6 Å². The number of hydrogen-bond acceptors (Lipinski definition) is 6. The quantitative estimate of drug-likeness (QED) is 0.650. The first-order valence-electron chi connectivity index (χ1n) is 11.7. The molecular weight excluding hydrogens is 408 g/mol. The monoisotopic (exact) mass is 442 g/mol. The lowest BCUT2D eigenvalue weighted by Gasteiger charge is -2.26. The zero-order valence-electron chi connectivity index (χ0n) is 18.5. The Morgan fingerprint density at radius 1 is 0.903 bits per heavy atom. The van der Waals surface area contributed by atoms with Crippen LogP contribution in [0.5, 0.6) is 0 Å². The second kappa shape index (κ2) is 10.8. The van der Waals surface area contributed by atoms with Crippen LogP contribution < -0.4 is 20.4 Å². The van der Waals surface area contributed by atoms with Gasteiger partial charge in [-0.1, -0.05) is 25.7 Å². The molecule has 0 spiro atoms. The molecule has 2 aliphatic rings. The van der Waals surface area contributed by atoms with Gasteiger partial charge in [-0.2, -0.15) is 9.97 Å². The van der Waals surface area contributed by atoms with Crippen molar-refractivity contribution in [3.05, 3.63) is 29.7 Å². The van der Waals surface area contributed by atoms with Crippen LogP contribution in [0.25, 0.3) is 0 Å². The second-order valence-electron chi connectivity index (χ2n) is 8.53. The van der Waals surface area contributed by atoms with Crippen LogP contribution >= 0.6 is 12.2 Å². The van der Waals surface area contributed by atoms with Crippen molar-refractivity contribution in [2.75, 3.05) is 41.3 Å². The first-order valence-corrected chi connectivity index (χ1v) is 12.1. The molecule has 4 heterocycles. The van der Waals surface area contributed by atoms with E-state index in [4.69, 9.17) is 26.6 Å². The molecular formula is C23H34N6OS. The summed E-state index contributed by atoms with van der Waals surface area (Å²) in [7, 11) is 0. The Kier molecular flexibility index (Phi) is 7.61. The third-order valence-electron chi connectivity index (χ3n) is 6.00. The first kappa shape index (κ1) is 21.9. The fourth-order valence-electron chi connectivity index (χ4n) is 4.29. The van der Waals surface area contributed by atoms with E-state index >= 15 is 0 Å². The number of furan rings is 1. The highest BCUT2D eigenvalue weighted by atomic mass is 32.1. The molecule has 0 bridgehead atoms. The van der Waals surface area contributed by atoms with Gasteiger partial charge in [-0.05, 0) is 57.0 Å². The lowest BCUT2D eigenvalue weighted by molar-refractivity contribution is 0.478. The number of aryl methyl sites for hydroxylation is 1. The van der Waals surface area contributed by atoms with Gasteiger partial charge in [-0.15, -0.1) is 0 Å². The van der Waals surface area contributed by atoms with Gasteiger partial charge >= 0.3 is 0 Å². The van der Waals surface area contributed by atoms with Crippen molar-refractivity contribution in [1.29, 1.82) is 0 Å². The Balaban J connectivity index is 1.50. The SMILES string of the molecule is Cc1ccc(CNC(=S)Nc2nc(N3CCCCCC3)cc(N3CCCCCC3)n2)o1. The van der Waals surface area contributed by atoms with Gasteiger partial charge in [0.25, 0.3) is 0 Å². The first-order chi connectivity index (χ1) is 15.2. The average molecular weight is 443 g/mol. The van der Waals surface area contributed by atoms with Crippen LogP contribution in [0.4, 0.5) is 17.6 Å². The Bertz CT molecular complexity index is 815. The van der Waals surface area contributed by atoms with E-state index in [9.17, 15) is 0 Å². The molecule has 0 saturated carbocycles. The lowest BCUT2D eigenvalue weighted by atomic mass is 10.2. The minimum atomic E-state index is 0.504. The lowest BCUT2D eigenvalue weighted by Crippen LogP contribution is -2.31. The van der Waals surface area contributed by atoms with E-state index in [1.807, 2.05) is 19.1 Å².